The van der Waals surface area contributed by atoms with E-state index in [1.54, 1.807) is 5.06 Å². The molecular formula is C16H37NO4Si2. The van der Waals surface area contributed by atoms with Gasteiger partial charge in [-0.15, -0.1) is 0 Å². The molecule has 0 rings (SSSR count). The standard InChI is InChI=1S/C16H37NO4Si2/c1-10-13(4)22(6,7)20-15(16(18)19)17(12-3)21-23(8,9)14(5)11-2/h13-15H,10-12H2,1-9H3,(H,18,19)/t13?,14?,15-/m0/s1. The van der Waals surface area contributed by atoms with E-state index in [0.717, 1.165) is 12.8 Å². The predicted octanol–water partition coefficient (Wildman–Crippen LogP) is 4.68. The second-order valence-electron chi connectivity index (χ2n) is 7.46. The van der Waals surface area contributed by atoms with Crippen molar-refractivity contribution in [2.45, 2.75) is 91.0 Å². The number of hydroxylamine groups is 2. The number of carbonyl (C=O) groups is 1. The van der Waals surface area contributed by atoms with E-state index < -0.39 is 28.8 Å². The van der Waals surface area contributed by atoms with Crippen LogP contribution >= 0.6 is 0 Å². The molecule has 23 heavy (non-hydrogen) atoms. The van der Waals surface area contributed by atoms with Crippen LogP contribution in [-0.2, 0) is 13.7 Å². The predicted molar refractivity (Wildman–Crippen MR) is 100 cm³/mol. The van der Waals surface area contributed by atoms with Gasteiger partial charge in [-0.25, -0.2) is 4.79 Å². The van der Waals surface area contributed by atoms with Crippen LogP contribution in [-0.4, -0.2) is 45.5 Å². The highest BCUT2D eigenvalue weighted by molar-refractivity contribution is 6.73. The molecule has 0 spiro atoms. The van der Waals surface area contributed by atoms with Crippen molar-refractivity contribution in [2.24, 2.45) is 0 Å². The second kappa shape index (κ2) is 9.31. The summed E-state index contributed by atoms with van der Waals surface area (Å²) in [5.74, 6) is -0.968. The van der Waals surface area contributed by atoms with Gasteiger partial charge in [-0.2, -0.15) is 5.06 Å². The summed E-state index contributed by atoms with van der Waals surface area (Å²) in [6, 6.07) is 0. The van der Waals surface area contributed by atoms with Crippen molar-refractivity contribution >= 4 is 22.6 Å². The fraction of sp³-hybridized carbons (Fsp3) is 0.938. The van der Waals surface area contributed by atoms with Gasteiger partial charge in [-0.05, 0) is 37.3 Å². The van der Waals surface area contributed by atoms with Crippen molar-refractivity contribution in [1.29, 1.82) is 0 Å². The molecule has 0 heterocycles. The first-order valence-electron chi connectivity index (χ1n) is 8.79. The lowest BCUT2D eigenvalue weighted by Crippen LogP contribution is -2.54. The molecule has 0 amide bonds. The first kappa shape index (κ1) is 22.8. The molecule has 2 unspecified atom stereocenters. The fourth-order valence-corrected chi connectivity index (χ4v) is 6.29. The van der Waals surface area contributed by atoms with E-state index in [1.165, 1.54) is 0 Å². The second-order valence-corrected chi connectivity index (χ2v) is 16.3. The molecular weight excluding hydrogens is 326 g/mol. The Morgan fingerprint density at radius 2 is 1.43 bits per heavy atom. The average molecular weight is 364 g/mol. The van der Waals surface area contributed by atoms with Crippen molar-refractivity contribution in [3.8, 4) is 0 Å². The number of rotatable bonds is 11. The molecule has 0 aromatic rings. The molecule has 0 fully saturated rings. The SMILES string of the molecule is CCC(C)[Si](C)(C)O[C@@H](C(=O)O)N(CC)O[Si](C)(C)C(C)CC. The smallest absolute Gasteiger partial charge is 0.349 e. The highest BCUT2D eigenvalue weighted by atomic mass is 28.4. The van der Waals surface area contributed by atoms with Gasteiger partial charge in [0.15, 0.2) is 8.32 Å². The Morgan fingerprint density at radius 3 is 1.78 bits per heavy atom. The molecule has 0 aliphatic heterocycles. The summed E-state index contributed by atoms with van der Waals surface area (Å²) in [4.78, 5) is 11.8. The summed E-state index contributed by atoms with van der Waals surface area (Å²) in [5, 5.41) is 11.2. The molecule has 0 radical (unpaired) electrons. The molecule has 5 nitrogen and oxygen atoms in total. The number of carboxylic acid groups (broad SMARTS) is 1. The zero-order valence-electron chi connectivity index (χ0n) is 16.5. The van der Waals surface area contributed by atoms with E-state index in [0.29, 0.717) is 17.6 Å². The van der Waals surface area contributed by atoms with Gasteiger partial charge in [0, 0.05) is 6.54 Å². The first-order chi connectivity index (χ1) is 10.4. The molecule has 3 atom stereocenters. The molecule has 0 aliphatic rings. The third-order valence-electron chi connectivity index (χ3n) is 5.15. The molecule has 0 aliphatic carbocycles. The highest BCUT2D eigenvalue weighted by Crippen LogP contribution is 2.30. The maximum Gasteiger partial charge on any atom is 0.349 e. The van der Waals surface area contributed by atoms with Crippen molar-refractivity contribution in [3.05, 3.63) is 0 Å². The van der Waals surface area contributed by atoms with Crippen molar-refractivity contribution in [2.75, 3.05) is 6.54 Å². The van der Waals surface area contributed by atoms with Crippen molar-refractivity contribution in [1.82, 2.24) is 5.06 Å². The van der Waals surface area contributed by atoms with E-state index in [-0.39, 0.29) is 0 Å². The number of hydrogen-bond acceptors (Lipinski definition) is 4. The van der Waals surface area contributed by atoms with Crippen LogP contribution in [0.3, 0.4) is 0 Å². The largest absolute Gasteiger partial charge is 0.478 e. The van der Waals surface area contributed by atoms with Gasteiger partial charge in [-0.1, -0.05) is 47.5 Å². The minimum atomic E-state index is -2.11. The topological polar surface area (TPSA) is 59.0 Å². The quantitative estimate of drug-likeness (QED) is 0.328. The first-order valence-corrected chi connectivity index (χ1v) is 14.8. The summed E-state index contributed by atoms with van der Waals surface area (Å²) in [6.07, 6.45) is 1.00. The van der Waals surface area contributed by atoms with E-state index in [9.17, 15) is 9.90 Å². The Hall–Kier alpha value is -0.216. The lowest BCUT2D eigenvalue weighted by Gasteiger charge is -2.40. The van der Waals surface area contributed by atoms with Gasteiger partial charge >= 0.3 is 5.97 Å². The molecule has 138 valence electrons. The molecule has 0 saturated carbocycles. The van der Waals surface area contributed by atoms with Crippen LogP contribution in [0.5, 0.6) is 0 Å². The van der Waals surface area contributed by atoms with Gasteiger partial charge in [0.1, 0.15) is 0 Å². The fourth-order valence-electron chi connectivity index (χ4n) is 2.29. The zero-order valence-corrected chi connectivity index (χ0v) is 18.5. The summed E-state index contributed by atoms with van der Waals surface area (Å²) < 4.78 is 12.3. The van der Waals surface area contributed by atoms with Gasteiger partial charge in [0.05, 0.1) is 0 Å². The third kappa shape index (κ3) is 6.66. The molecule has 0 saturated heterocycles. The molecule has 0 bridgehead atoms. The van der Waals surface area contributed by atoms with Gasteiger partial charge < -0.3 is 14.1 Å². The maximum absolute atomic E-state index is 11.8. The molecule has 1 N–H and O–H groups in total. The van der Waals surface area contributed by atoms with Crippen LogP contribution in [0.4, 0.5) is 0 Å². The van der Waals surface area contributed by atoms with Crippen LogP contribution in [0.1, 0.15) is 47.5 Å². The molecule has 0 aromatic carbocycles. The average Bonchev–Trinajstić information content (AvgIpc) is 2.48. The lowest BCUT2D eigenvalue weighted by molar-refractivity contribution is -0.195. The van der Waals surface area contributed by atoms with E-state index >= 15 is 0 Å². The zero-order chi connectivity index (χ0) is 18.4. The normalized spacial score (nSPS) is 17.1. The van der Waals surface area contributed by atoms with Crippen LogP contribution in [0, 0.1) is 0 Å². The number of carboxylic acids is 1. The Bertz CT molecular complexity index is 377. The molecule has 7 heteroatoms. The van der Waals surface area contributed by atoms with Gasteiger partial charge in [-0.3, -0.25) is 0 Å². The number of aliphatic carboxylic acids is 1. The van der Waals surface area contributed by atoms with Crippen molar-refractivity contribution < 1.29 is 18.9 Å². The number of likely N-dealkylation sites (N-methyl/N-ethyl adjacent to an activating group) is 1. The lowest BCUT2D eigenvalue weighted by atomic mass is 10.4. The van der Waals surface area contributed by atoms with E-state index in [1.807, 2.05) is 6.92 Å². The van der Waals surface area contributed by atoms with Crippen LogP contribution in [0.25, 0.3) is 0 Å². The maximum atomic E-state index is 11.8. The summed E-state index contributed by atoms with van der Waals surface area (Å²) >= 11 is 0. The number of nitrogens with zero attached hydrogens (tertiary/aromatic N) is 1. The van der Waals surface area contributed by atoms with Crippen LogP contribution in [0.2, 0.25) is 37.3 Å². The molecule has 0 aromatic heterocycles. The summed E-state index contributed by atoms with van der Waals surface area (Å²) in [5.41, 5.74) is 0.841. The Labute approximate surface area is 144 Å². The summed E-state index contributed by atoms with van der Waals surface area (Å²) in [7, 11) is -4.12. The van der Waals surface area contributed by atoms with Crippen molar-refractivity contribution in [3.63, 3.8) is 0 Å². The van der Waals surface area contributed by atoms with Crippen LogP contribution in [0.15, 0.2) is 0 Å². The minimum Gasteiger partial charge on any atom is -0.478 e. The van der Waals surface area contributed by atoms with E-state index in [2.05, 4.69) is 53.9 Å². The van der Waals surface area contributed by atoms with E-state index in [4.69, 9.17) is 8.95 Å². The highest BCUT2D eigenvalue weighted by Gasteiger charge is 2.41. The van der Waals surface area contributed by atoms with Gasteiger partial charge in [0.2, 0.25) is 14.5 Å². The Kier molecular flexibility index (Phi) is 9.23. The summed E-state index contributed by atoms with van der Waals surface area (Å²) in [6.45, 7) is 19.4. The minimum absolute atomic E-state index is 0.392. The Morgan fingerprint density at radius 1 is 1.00 bits per heavy atom. The monoisotopic (exact) mass is 363 g/mol. The third-order valence-corrected chi connectivity index (χ3v) is 12.3. The number of hydrogen-bond donors (Lipinski definition) is 1. The van der Waals surface area contributed by atoms with Gasteiger partial charge in [0.25, 0.3) is 0 Å². The van der Waals surface area contributed by atoms with Crippen LogP contribution < -0.4 is 0 Å². The Balaban J connectivity index is 5.29.